The Balaban J connectivity index is 2.57. The van der Waals surface area contributed by atoms with Crippen LogP contribution in [-0.4, -0.2) is 32.4 Å². The van der Waals surface area contributed by atoms with Crippen molar-refractivity contribution in [2.24, 2.45) is 5.92 Å². The van der Waals surface area contributed by atoms with Crippen LogP contribution in [0.2, 0.25) is 0 Å². The molecule has 0 bridgehead atoms. The lowest BCUT2D eigenvalue weighted by atomic mass is 9.96. The van der Waals surface area contributed by atoms with Gasteiger partial charge in [-0.1, -0.05) is 26.0 Å². The van der Waals surface area contributed by atoms with Crippen LogP contribution in [0.4, 0.5) is 0 Å². The van der Waals surface area contributed by atoms with Gasteiger partial charge in [0, 0.05) is 12.6 Å². The Labute approximate surface area is 130 Å². The molecule has 1 aromatic rings. The third-order valence-electron chi connectivity index (χ3n) is 3.45. The number of hydrogen-bond acceptors (Lipinski definition) is 3. The molecule has 3 heteroatoms. The summed E-state index contributed by atoms with van der Waals surface area (Å²) >= 11 is 0. The molecule has 0 heterocycles. The average molecular weight is 293 g/mol. The molecule has 3 nitrogen and oxygen atoms in total. The molecule has 1 unspecified atom stereocenters. The maximum atomic E-state index is 5.71. The Kier molecular flexibility index (Phi) is 8.40. The van der Waals surface area contributed by atoms with Crippen molar-refractivity contribution in [1.29, 1.82) is 0 Å². The van der Waals surface area contributed by atoms with Gasteiger partial charge in [0.1, 0.15) is 5.75 Å². The van der Waals surface area contributed by atoms with Crippen molar-refractivity contribution < 1.29 is 9.47 Å². The molecule has 0 amide bonds. The van der Waals surface area contributed by atoms with Crippen LogP contribution in [-0.2, 0) is 11.2 Å². The molecule has 0 aliphatic rings. The molecular formula is C18H31NO2. The third-order valence-corrected chi connectivity index (χ3v) is 3.45. The zero-order valence-corrected chi connectivity index (χ0v) is 14.2. The molecule has 120 valence electrons. The molecular weight excluding hydrogens is 262 g/mol. The molecule has 0 aliphatic carbocycles. The highest BCUT2D eigenvalue weighted by Crippen LogP contribution is 2.18. The number of benzene rings is 1. The zero-order valence-electron chi connectivity index (χ0n) is 14.2. The maximum Gasteiger partial charge on any atom is 0.119 e. The van der Waals surface area contributed by atoms with Gasteiger partial charge in [-0.3, -0.25) is 0 Å². The second-order valence-electron chi connectivity index (χ2n) is 6.19. The van der Waals surface area contributed by atoms with Crippen LogP contribution in [0.1, 0.15) is 39.7 Å². The van der Waals surface area contributed by atoms with Crippen LogP contribution in [0, 0.1) is 5.92 Å². The van der Waals surface area contributed by atoms with Gasteiger partial charge < -0.3 is 14.8 Å². The van der Waals surface area contributed by atoms with Gasteiger partial charge in [0.05, 0.1) is 13.2 Å². The Hall–Kier alpha value is -1.06. The molecule has 0 aromatic heterocycles. The molecule has 0 aliphatic heterocycles. The smallest absolute Gasteiger partial charge is 0.119 e. The maximum absolute atomic E-state index is 5.71. The lowest BCUT2D eigenvalue weighted by molar-refractivity contribution is 0.0681. The fourth-order valence-corrected chi connectivity index (χ4v) is 2.28. The molecule has 0 fully saturated rings. The van der Waals surface area contributed by atoms with Crippen LogP contribution in [0.3, 0.4) is 0 Å². The van der Waals surface area contributed by atoms with Gasteiger partial charge in [0.15, 0.2) is 0 Å². The number of hydrogen-bond donors (Lipinski definition) is 1. The summed E-state index contributed by atoms with van der Waals surface area (Å²) in [6, 6.07) is 8.88. The van der Waals surface area contributed by atoms with Crippen LogP contribution in [0.5, 0.6) is 5.75 Å². The first kappa shape index (κ1) is 18.0. The van der Waals surface area contributed by atoms with Gasteiger partial charge in [-0.15, -0.1) is 0 Å². The molecule has 1 N–H and O–H groups in total. The normalized spacial score (nSPS) is 12.9. The second kappa shape index (κ2) is 9.80. The van der Waals surface area contributed by atoms with E-state index in [1.54, 1.807) is 7.11 Å². The van der Waals surface area contributed by atoms with Crippen molar-refractivity contribution in [3.63, 3.8) is 0 Å². The number of rotatable bonds is 10. The molecule has 21 heavy (non-hydrogen) atoms. The number of ether oxygens (including phenoxy) is 2. The van der Waals surface area contributed by atoms with Crippen molar-refractivity contribution in [1.82, 2.24) is 5.32 Å². The first-order valence-corrected chi connectivity index (χ1v) is 7.99. The monoisotopic (exact) mass is 293 g/mol. The SMILES string of the molecule is COc1cccc(CC(CCOC(C)C)CNC(C)C)c1. The summed E-state index contributed by atoms with van der Waals surface area (Å²) in [7, 11) is 1.72. The van der Waals surface area contributed by atoms with E-state index in [2.05, 4.69) is 51.2 Å². The summed E-state index contributed by atoms with van der Waals surface area (Å²) in [5.74, 6) is 1.51. The topological polar surface area (TPSA) is 30.5 Å². The fourth-order valence-electron chi connectivity index (χ4n) is 2.28. The quantitative estimate of drug-likeness (QED) is 0.714. The van der Waals surface area contributed by atoms with Crippen molar-refractivity contribution in [3.05, 3.63) is 29.8 Å². The summed E-state index contributed by atoms with van der Waals surface area (Å²) in [6.07, 6.45) is 2.44. The lowest BCUT2D eigenvalue weighted by Crippen LogP contribution is -2.30. The molecule has 1 rings (SSSR count). The molecule has 0 spiro atoms. The Bertz CT molecular complexity index is 391. The summed E-state index contributed by atoms with van der Waals surface area (Å²) < 4.78 is 11.0. The van der Waals surface area contributed by atoms with Gasteiger partial charge in [0.25, 0.3) is 0 Å². The third kappa shape index (κ3) is 8.08. The van der Waals surface area contributed by atoms with Crippen LogP contribution in [0.25, 0.3) is 0 Å². The van der Waals surface area contributed by atoms with Crippen molar-refractivity contribution in [2.45, 2.75) is 52.7 Å². The van der Waals surface area contributed by atoms with Crippen LogP contribution < -0.4 is 10.1 Å². The minimum atomic E-state index is 0.306. The van der Waals surface area contributed by atoms with Gasteiger partial charge in [0.2, 0.25) is 0 Å². The van der Waals surface area contributed by atoms with Gasteiger partial charge >= 0.3 is 0 Å². The predicted molar refractivity (Wildman–Crippen MR) is 89.0 cm³/mol. The lowest BCUT2D eigenvalue weighted by Gasteiger charge is -2.20. The largest absolute Gasteiger partial charge is 0.497 e. The summed E-state index contributed by atoms with van der Waals surface area (Å²) in [4.78, 5) is 0. The second-order valence-corrected chi connectivity index (χ2v) is 6.19. The van der Waals surface area contributed by atoms with Crippen LogP contribution >= 0.6 is 0 Å². The molecule has 0 saturated carbocycles. The van der Waals surface area contributed by atoms with E-state index < -0.39 is 0 Å². The molecule has 1 atom stereocenters. The van der Waals surface area contributed by atoms with E-state index in [0.29, 0.717) is 18.1 Å². The first-order valence-electron chi connectivity index (χ1n) is 7.99. The fraction of sp³-hybridized carbons (Fsp3) is 0.667. The van der Waals surface area contributed by atoms with Gasteiger partial charge in [-0.25, -0.2) is 0 Å². The Morgan fingerprint density at radius 1 is 1.14 bits per heavy atom. The highest BCUT2D eigenvalue weighted by molar-refractivity contribution is 5.28. The Morgan fingerprint density at radius 3 is 2.52 bits per heavy atom. The average Bonchev–Trinajstić information content (AvgIpc) is 2.44. The Morgan fingerprint density at radius 2 is 1.90 bits per heavy atom. The predicted octanol–water partition coefficient (Wildman–Crippen LogP) is 3.67. The van der Waals surface area contributed by atoms with Crippen molar-refractivity contribution in [3.8, 4) is 5.75 Å². The minimum absolute atomic E-state index is 0.306. The number of nitrogens with one attached hydrogen (secondary N) is 1. The summed E-state index contributed by atoms with van der Waals surface area (Å²) in [6.45, 7) is 10.4. The van der Waals surface area contributed by atoms with E-state index in [1.165, 1.54) is 5.56 Å². The van der Waals surface area contributed by atoms with Gasteiger partial charge in [-0.2, -0.15) is 0 Å². The van der Waals surface area contributed by atoms with Gasteiger partial charge in [-0.05, 0) is 56.8 Å². The number of methoxy groups -OCH3 is 1. The van der Waals surface area contributed by atoms with Crippen molar-refractivity contribution in [2.75, 3.05) is 20.3 Å². The van der Waals surface area contributed by atoms with Crippen LogP contribution in [0.15, 0.2) is 24.3 Å². The van der Waals surface area contributed by atoms with E-state index >= 15 is 0 Å². The molecule has 0 radical (unpaired) electrons. The highest BCUT2D eigenvalue weighted by atomic mass is 16.5. The van der Waals surface area contributed by atoms with E-state index in [4.69, 9.17) is 9.47 Å². The standard InChI is InChI=1S/C18H31NO2/c1-14(2)19-13-17(9-10-21-15(3)4)11-16-7-6-8-18(12-16)20-5/h6-8,12,14-15,17,19H,9-11,13H2,1-5H3. The van der Waals surface area contributed by atoms with Crippen molar-refractivity contribution >= 4 is 0 Å². The highest BCUT2D eigenvalue weighted by Gasteiger charge is 2.11. The van der Waals surface area contributed by atoms with E-state index in [0.717, 1.165) is 31.7 Å². The first-order chi connectivity index (χ1) is 10.0. The molecule has 1 aromatic carbocycles. The summed E-state index contributed by atoms with van der Waals surface area (Å²) in [5.41, 5.74) is 1.33. The molecule has 0 saturated heterocycles. The zero-order chi connectivity index (χ0) is 15.7. The van der Waals surface area contributed by atoms with E-state index in [-0.39, 0.29) is 0 Å². The van der Waals surface area contributed by atoms with E-state index in [1.807, 2.05) is 6.07 Å². The summed E-state index contributed by atoms with van der Waals surface area (Å²) in [5, 5.41) is 3.55. The van der Waals surface area contributed by atoms with E-state index in [9.17, 15) is 0 Å². The minimum Gasteiger partial charge on any atom is -0.497 e.